The summed E-state index contributed by atoms with van der Waals surface area (Å²) in [5.41, 5.74) is 1.31. The Morgan fingerprint density at radius 1 is 1.44 bits per heavy atom. The highest BCUT2D eigenvalue weighted by Crippen LogP contribution is 2.17. The summed E-state index contributed by atoms with van der Waals surface area (Å²) in [5, 5.41) is 3.51. The Kier molecular flexibility index (Phi) is 5.89. The number of nitrogens with one attached hydrogen (secondary N) is 1. The molecule has 1 N–H and O–H groups in total. The van der Waals surface area contributed by atoms with E-state index in [1.807, 2.05) is 0 Å². The molecule has 0 radical (unpaired) electrons. The SMILES string of the molecule is CCCNC(C)c1ccn(CCC(C)(C)OC)c1. The van der Waals surface area contributed by atoms with Gasteiger partial charge < -0.3 is 14.6 Å². The van der Waals surface area contributed by atoms with Crippen molar-refractivity contribution in [3.63, 3.8) is 0 Å². The molecule has 3 nitrogen and oxygen atoms in total. The van der Waals surface area contributed by atoms with Crippen LogP contribution in [0.1, 0.15) is 52.1 Å². The smallest absolute Gasteiger partial charge is 0.0639 e. The second kappa shape index (κ2) is 6.95. The van der Waals surface area contributed by atoms with Crippen LogP contribution < -0.4 is 5.32 Å². The quantitative estimate of drug-likeness (QED) is 0.768. The molecule has 3 heteroatoms. The van der Waals surface area contributed by atoms with E-state index in [-0.39, 0.29) is 5.60 Å². The first-order valence-electron chi connectivity index (χ1n) is 6.92. The van der Waals surface area contributed by atoms with Gasteiger partial charge in [-0.1, -0.05) is 6.92 Å². The van der Waals surface area contributed by atoms with Crippen molar-refractivity contribution in [3.05, 3.63) is 24.0 Å². The fourth-order valence-electron chi connectivity index (χ4n) is 1.83. The zero-order valence-corrected chi connectivity index (χ0v) is 12.5. The highest BCUT2D eigenvalue weighted by Gasteiger charge is 2.16. The number of rotatable bonds is 8. The lowest BCUT2D eigenvalue weighted by molar-refractivity contribution is 0.0120. The lowest BCUT2D eigenvalue weighted by Gasteiger charge is -2.22. The van der Waals surface area contributed by atoms with Crippen LogP contribution in [0.4, 0.5) is 0 Å². The molecule has 18 heavy (non-hydrogen) atoms. The zero-order valence-electron chi connectivity index (χ0n) is 12.5. The number of aromatic nitrogens is 1. The van der Waals surface area contributed by atoms with E-state index in [2.05, 4.69) is 56.0 Å². The van der Waals surface area contributed by atoms with Crippen LogP contribution in [0.25, 0.3) is 0 Å². The lowest BCUT2D eigenvalue weighted by atomic mass is 10.1. The van der Waals surface area contributed by atoms with E-state index in [4.69, 9.17) is 4.74 Å². The first-order valence-corrected chi connectivity index (χ1v) is 6.92. The molecule has 0 aliphatic rings. The van der Waals surface area contributed by atoms with Gasteiger partial charge in [-0.3, -0.25) is 0 Å². The summed E-state index contributed by atoms with van der Waals surface area (Å²) < 4.78 is 7.69. The van der Waals surface area contributed by atoms with Crippen LogP contribution >= 0.6 is 0 Å². The van der Waals surface area contributed by atoms with Crippen molar-refractivity contribution < 1.29 is 4.74 Å². The fraction of sp³-hybridized carbons (Fsp3) is 0.733. The Bertz CT molecular complexity index is 344. The molecule has 1 atom stereocenters. The average Bonchev–Trinajstić information content (AvgIpc) is 2.82. The van der Waals surface area contributed by atoms with E-state index in [0.717, 1.165) is 19.5 Å². The summed E-state index contributed by atoms with van der Waals surface area (Å²) in [6.07, 6.45) is 6.59. The van der Waals surface area contributed by atoms with Crippen molar-refractivity contribution in [3.8, 4) is 0 Å². The maximum absolute atomic E-state index is 5.44. The van der Waals surface area contributed by atoms with Gasteiger partial charge in [-0.2, -0.15) is 0 Å². The number of nitrogens with zero attached hydrogens (tertiary/aromatic N) is 1. The lowest BCUT2D eigenvalue weighted by Crippen LogP contribution is -2.24. The van der Waals surface area contributed by atoms with Gasteiger partial charge in [0.2, 0.25) is 0 Å². The highest BCUT2D eigenvalue weighted by molar-refractivity contribution is 5.14. The van der Waals surface area contributed by atoms with Crippen LogP contribution in [0.3, 0.4) is 0 Å². The molecule has 0 saturated heterocycles. The molecule has 0 fully saturated rings. The molecule has 1 aromatic rings. The Morgan fingerprint density at radius 3 is 2.78 bits per heavy atom. The molecule has 0 aliphatic carbocycles. The van der Waals surface area contributed by atoms with Gasteiger partial charge in [-0.15, -0.1) is 0 Å². The molecule has 1 aromatic heterocycles. The van der Waals surface area contributed by atoms with Gasteiger partial charge in [0, 0.05) is 32.1 Å². The Morgan fingerprint density at radius 2 is 2.17 bits per heavy atom. The monoisotopic (exact) mass is 252 g/mol. The van der Waals surface area contributed by atoms with Crippen molar-refractivity contribution in [2.24, 2.45) is 0 Å². The predicted octanol–water partition coefficient (Wildman–Crippen LogP) is 3.36. The van der Waals surface area contributed by atoms with Crippen LogP contribution in [0.2, 0.25) is 0 Å². The summed E-state index contributed by atoms with van der Waals surface area (Å²) in [7, 11) is 1.78. The molecule has 0 spiro atoms. The van der Waals surface area contributed by atoms with E-state index < -0.39 is 0 Å². The summed E-state index contributed by atoms with van der Waals surface area (Å²) in [5.74, 6) is 0. The highest BCUT2D eigenvalue weighted by atomic mass is 16.5. The largest absolute Gasteiger partial charge is 0.379 e. The van der Waals surface area contributed by atoms with Crippen molar-refractivity contribution in [2.75, 3.05) is 13.7 Å². The molecule has 0 bridgehead atoms. The Balaban J connectivity index is 2.48. The third-order valence-electron chi connectivity index (χ3n) is 3.50. The van der Waals surface area contributed by atoms with Gasteiger partial charge in [0.25, 0.3) is 0 Å². The first kappa shape index (κ1) is 15.3. The predicted molar refractivity (Wildman–Crippen MR) is 76.8 cm³/mol. The van der Waals surface area contributed by atoms with E-state index in [1.54, 1.807) is 7.11 Å². The minimum atomic E-state index is -0.0451. The molecule has 1 heterocycles. The van der Waals surface area contributed by atoms with Crippen LogP contribution in [0.15, 0.2) is 18.5 Å². The van der Waals surface area contributed by atoms with Gasteiger partial charge in [-0.05, 0) is 51.8 Å². The van der Waals surface area contributed by atoms with Crippen LogP contribution in [-0.4, -0.2) is 23.8 Å². The fourth-order valence-corrected chi connectivity index (χ4v) is 1.83. The maximum Gasteiger partial charge on any atom is 0.0639 e. The number of methoxy groups -OCH3 is 1. The van der Waals surface area contributed by atoms with Crippen molar-refractivity contribution in [1.82, 2.24) is 9.88 Å². The molecule has 0 aliphatic heterocycles. The molecular formula is C15H28N2O. The van der Waals surface area contributed by atoms with Crippen LogP contribution in [0, 0.1) is 0 Å². The molecule has 104 valence electrons. The standard InChI is InChI=1S/C15H28N2O/c1-6-9-16-13(2)14-7-10-17(12-14)11-8-15(3,4)18-5/h7,10,12-13,16H,6,8-9,11H2,1-5H3. The molecule has 1 rings (SSSR count). The van der Waals surface area contributed by atoms with Crippen LogP contribution in [-0.2, 0) is 11.3 Å². The topological polar surface area (TPSA) is 26.2 Å². The Labute approximate surface area is 112 Å². The molecular weight excluding hydrogens is 224 g/mol. The third-order valence-corrected chi connectivity index (χ3v) is 3.50. The third kappa shape index (κ3) is 4.83. The summed E-state index contributed by atoms with van der Waals surface area (Å²) in [4.78, 5) is 0. The van der Waals surface area contributed by atoms with E-state index in [9.17, 15) is 0 Å². The molecule has 0 saturated carbocycles. The minimum Gasteiger partial charge on any atom is -0.379 e. The summed E-state index contributed by atoms with van der Waals surface area (Å²) >= 11 is 0. The number of hydrogen-bond donors (Lipinski definition) is 1. The Hall–Kier alpha value is -0.800. The van der Waals surface area contributed by atoms with Crippen molar-refractivity contribution in [1.29, 1.82) is 0 Å². The van der Waals surface area contributed by atoms with Gasteiger partial charge >= 0.3 is 0 Å². The number of aryl methyl sites for hydroxylation is 1. The van der Waals surface area contributed by atoms with Crippen LogP contribution in [0.5, 0.6) is 0 Å². The molecule has 0 aromatic carbocycles. The first-order chi connectivity index (χ1) is 8.48. The van der Waals surface area contributed by atoms with Crippen molar-refractivity contribution >= 4 is 0 Å². The molecule has 0 amide bonds. The normalized spacial score (nSPS) is 13.8. The molecule has 1 unspecified atom stereocenters. The second-order valence-electron chi connectivity index (χ2n) is 5.57. The van der Waals surface area contributed by atoms with E-state index in [1.165, 1.54) is 12.0 Å². The number of ether oxygens (including phenoxy) is 1. The van der Waals surface area contributed by atoms with Gasteiger partial charge in [-0.25, -0.2) is 0 Å². The number of hydrogen-bond acceptors (Lipinski definition) is 2. The average molecular weight is 252 g/mol. The minimum absolute atomic E-state index is 0.0451. The van der Waals surface area contributed by atoms with E-state index in [0.29, 0.717) is 6.04 Å². The zero-order chi connectivity index (χ0) is 13.6. The summed E-state index contributed by atoms with van der Waals surface area (Å²) in [6, 6.07) is 2.63. The maximum atomic E-state index is 5.44. The van der Waals surface area contributed by atoms with Crippen molar-refractivity contribution in [2.45, 2.75) is 58.7 Å². The van der Waals surface area contributed by atoms with Gasteiger partial charge in [0.15, 0.2) is 0 Å². The van der Waals surface area contributed by atoms with Gasteiger partial charge in [0.1, 0.15) is 0 Å². The van der Waals surface area contributed by atoms with E-state index >= 15 is 0 Å². The second-order valence-corrected chi connectivity index (χ2v) is 5.57. The summed E-state index contributed by atoms with van der Waals surface area (Å²) in [6.45, 7) is 10.7. The van der Waals surface area contributed by atoms with Gasteiger partial charge in [0.05, 0.1) is 5.60 Å².